The minimum Gasteiger partial charge on any atom is -0.324 e. The van der Waals surface area contributed by atoms with Crippen LogP contribution in [0.25, 0.3) is 0 Å². The summed E-state index contributed by atoms with van der Waals surface area (Å²) in [6.07, 6.45) is 0. The number of nitrogens with one attached hydrogen (secondary N) is 1. The van der Waals surface area contributed by atoms with Crippen molar-refractivity contribution in [1.29, 1.82) is 0 Å². The van der Waals surface area contributed by atoms with E-state index in [9.17, 15) is 4.79 Å². The highest BCUT2D eigenvalue weighted by Crippen LogP contribution is 2.29. The fourth-order valence-corrected chi connectivity index (χ4v) is 4.46. The molecule has 160 valence electrons. The van der Waals surface area contributed by atoms with Gasteiger partial charge in [-0.1, -0.05) is 78.9 Å². The van der Waals surface area contributed by atoms with E-state index in [1.807, 2.05) is 32.0 Å². The van der Waals surface area contributed by atoms with Gasteiger partial charge in [-0.05, 0) is 36.1 Å². The quantitative estimate of drug-likeness (QED) is 0.639. The molecule has 0 unspecified atom stereocenters. The highest BCUT2D eigenvalue weighted by atomic mass is 16.2. The largest absolute Gasteiger partial charge is 0.324 e. The smallest absolute Gasteiger partial charge is 0.238 e. The molecule has 1 amide bonds. The number of nitrogens with zero attached hydrogens (tertiary/aromatic N) is 2. The molecule has 1 N–H and O–H groups in total. The first-order valence-electron chi connectivity index (χ1n) is 11.0. The molecule has 1 fully saturated rings. The summed E-state index contributed by atoms with van der Waals surface area (Å²) in [7, 11) is 0. The van der Waals surface area contributed by atoms with Gasteiger partial charge in [0.15, 0.2) is 0 Å². The van der Waals surface area contributed by atoms with Gasteiger partial charge in [-0.2, -0.15) is 0 Å². The predicted octanol–water partition coefficient (Wildman–Crippen LogP) is 4.65. The molecule has 1 aliphatic rings. The van der Waals surface area contributed by atoms with Crippen molar-refractivity contribution in [3.8, 4) is 0 Å². The zero-order valence-corrected chi connectivity index (χ0v) is 18.4. The third kappa shape index (κ3) is 5.22. The van der Waals surface area contributed by atoms with Gasteiger partial charge in [-0.15, -0.1) is 0 Å². The number of piperazine rings is 1. The fraction of sp³-hybridized carbons (Fsp3) is 0.296. The average Bonchev–Trinajstić information content (AvgIpc) is 2.79. The van der Waals surface area contributed by atoms with Crippen LogP contribution in [0.4, 0.5) is 5.69 Å². The van der Waals surface area contributed by atoms with Crippen LogP contribution in [0, 0.1) is 13.8 Å². The van der Waals surface area contributed by atoms with Gasteiger partial charge in [-0.25, -0.2) is 0 Å². The number of anilines is 1. The fourth-order valence-electron chi connectivity index (χ4n) is 4.46. The Balaban J connectivity index is 1.39. The van der Waals surface area contributed by atoms with E-state index in [1.165, 1.54) is 11.1 Å². The SMILES string of the molecule is Cc1cccc(C)c1NC(=O)CN1CCN(C(c2ccccc2)c2ccccc2)CC1. The van der Waals surface area contributed by atoms with Crippen LogP contribution in [0.3, 0.4) is 0 Å². The van der Waals surface area contributed by atoms with Crippen molar-refractivity contribution in [1.82, 2.24) is 9.80 Å². The molecule has 4 nitrogen and oxygen atoms in total. The average molecular weight is 414 g/mol. The van der Waals surface area contributed by atoms with Gasteiger partial charge >= 0.3 is 0 Å². The van der Waals surface area contributed by atoms with Crippen molar-refractivity contribution < 1.29 is 4.79 Å². The van der Waals surface area contributed by atoms with E-state index in [1.54, 1.807) is 0 Å². The highest BCUT2D eigenvalue weighted by molar-refractivity contribution is 5.93. The van der Waals surface area contributed by atoms with E-state index < -0.39 is 0 Å². The second-order valence-electron chi connectivity index (χ2n) is 8.35. The second-order valence-corrected chi connectivity index (χ2v) is 8.35. The number of hydrogen-bond donors (Lipinski definition) is 1. The Kier molecular flexibility index (Phi) is 6.80. The molecule has 1 aliphatic heterocycles. The van der Waals surface area contributed by atoms with Crippen LogP contribution in [-0.4, -0.2) is 48.4 Å². The lowest BCUT2D eigenvalue weighted by atomic mass is 9.96. The molecule has 0 bridgehead atoms. The van der Waals surface area contributed by atoms with Crippen LogP contribution in [0.15, 0.2) is 78.9 Å². The van der Waals surface area contributed by atoms with E-state index in [4.69, 9.17) is 0 Å². The minimum atomic E-state index is 0.0634. The van der Waals surface area contributed by atoms with E-state index in [-0.39, 0.29) is 11.9 Å². The van der Waals surface area contributed by atoms with E-state index in [0.717, 1.165) is 43.0 Å². The van der Waals surface area contributed by atoms with Gasteiger partial charge in [0.25, 0.3) is 0 Å². The predicted molar refractivity (Wildman–Crippen MR) is 127 cm³/mol. The second kappa shape index (κ2) is 9.90. The summed E-state index contributed by atoms with van der Waals surface area (Å²) in [5.41, 5.74) is 5.78. The van der Waals surface area contributed by atoms with Crippen molar-refractivity contribution in [2.45, 2.75) is 19.9 Å². The van der Waals surface area contributed by atoms with Crippen LogP contribution in [0.5, 0.6) is 0 Å². The molecule has 3 aromatic rings. The third-order valence-corrected chi connectivity index (χ3v) is 6.12. The van der Waals surface area contributed by atoms with Crippen molar-refractivity contribution in [2.75, 3.05) is 38.0 Å². The summed E-state index contributed by atoms with van der Waals surface area (Å²) in [4.78, 5) is 17.5. The van der Waals surface area contributed by atoms with Crippen LogP contribution in [0.1, 0.15) is 28.3 Å². The van der Waals surface area contributed by atoms with Crippen molar-refractivity contribution in [2.24, 2.45) is 0 Å². The van der Waals surface area contributed by atoms with Gasteiger partial charge in [0.2, 0.25) is 5.91 Å². The van der Waals surface area contributed by atoms with Gasteiger partial charge < -0.3 is 5.32 Å². The van der Waals surface area contributed by atoms with Crippen LogP contribution in [0.2, 0.25) is 0 Å². The molecule has 1 heterocycles. The number of hydrogen-bond acceptors (Lipinski definition) is 3. The van der Waals surface area contributed by atoms with Crippen molar-refractivity contribution in [3.05, 3.63) is 101 Å². The maximum absolute atomic E-state index is 12.7. The number of rotatable bonds is 6. The number of carbonyl (C=O) groups excluding carboxylic acids is 1. The van der Waals surface area contributed by atoms with Crippen LogP contribution < -0.4 is 5.32 Å². The zero-order valence-electron chi connectivity index (χ0n) is 18.4. The Bertz CT molecular complexity index is 936. The Hall–Kier alpha value is -2.95. The highest BCUT2D eigenvalue weighted by Gasteiger charge is 2.27. The molecular formula is C27H31N3O. The number of carbonyl (C=O) groups is 1. The standard InChI is InChI=1S/C27H31N3O/c1-21-10-9-11-22(2)26(21)28-25(31)20-29-16-18-30(19-17-29)27(23-12-5-3-6-13-23)24-14-7-4-8-15-24/h3-15,27H,16-20H2,1-2H3,(H,28,31). The molecule has 0 radical (unpaired) electrons. The summed E-state index contributed by atoms with van der Waals surface area (Å²) in [6, 6.07) is 27.8. The lowest BCUT2D eigenvalue weighted by molar-refractivity contribution is -0.117. The first-order chi connectivity index (χ1) is 15.1. The first kappa shape index (κ1) is 21.3. The number of amides is 1. The lowest BCUT2D eigenvalue weighted by Crippen LogP contribution is -2.49. The Morgan fingerprint density at radius 2 is 1.29 bits per heavy atom. The topological polar surface area (TPSA) is 35.6 Å². The Morgan fingerprint density at radius 3 is 1.81 bits per heavy atom. The number of para-hydroxylation sites is 1. The summed E-state index contributed by atoms with van der Waals surface area (Å²) in [6.45, 7) is 8.15. The molecule has 3 aromatic carbocycles. The van der Waals surface area contributed by atoms with Gasteiger partial charge in [0.1, 0.15) is 0 Å². The third-order valence-electron chi connectivity index (χ3n) is 6.12. The molecule has 0 atom stereocenters. The molecule has 0 saturated carbocycles. The molecule has 0 spiro atoms. The van der Waals surface area contributed by atoms with Crippen LogP contribution in [-0.2, 0) is 4.79 Å². The minimum absolute atomic E-state index is 0.0634. The van der Waals surface area contributed by atoms with E-state index in [2.05, 4.69) is 75.8 Å². The van der Waals surface area contributed by atoms with Crippen molar-refractivity contribution in [3.63, 3.8) is 0 Å². The molecule has 1 saturated heterocycles. The van der Waals surface area contributed by atoms with Gasteiger partial charge in [-0.3, -0.25) is 14.6 Å². The molecule has 31 heavy (non-hydrogen) atoms. The molecule has 0 aromatic heterocycles. The first-order valence-corrected chi connectivity index (χ1v) is 11.0. The summed E-state index contributed by atoms with van der Waals surface area (Å²) in [5.74, 6) is 0.0634. The van der Waals surface area contributed by atoms with E-state index >= 15 is 0 Å². The van der Waals surface area contributed by atoms with E-state index in [0.29, 0.717) is 6.54 Å². The summed E-state index contributed by atoms with van der Waals surface area (Å²) >= 11 is 0. The molecule has 0 aliphatic carbocycles. The van der Waals surface area contributed by atoms with Gasteiger partial charge in [0.05, 0.1) is 12.6 Å². The van der Waals surface area contributed by atoms with Crippen LogP contribution >= 0.6 is 0 Å². The molecule has 4 heteroatoms. The molecular weight excluding hydrogens is 382 g/mol. The number of aryl methyl sites for hydroxylation is 2. The lowest BCUT2D eigenvalue weighted by Gasteiger charge is -2.39. The Labute approximate surface area is 185 Å². The van der Waals surface area contributed by atoms with Gasteiger partial charge in [0, 0.05) is 31.9 Å². The maximum atomic E-state index is 12.7. The Morgan fingerprint density at radius 1 is 0.774 bits per heavy atom. The zero-order chi connectivity index (χ0) is 21.6. The van der Waals surface area contributed by atoms with Crippen molar-refractivity contribution >= 4 is 11.6 Å². The normalized spacial score (nSPS) is 15.2. The monoisotopic (exact) mass is 413 g/mol. The maximum Gasteiger partial charge on any atom is 0.238 e. The summed E-state index contributed by atoms with van der Waals surface area (Å²) in [5, 5.41) is 3.12. The molecule has 4 rings (SSSR count). The summed E-state index contributed by atoms with van der Waals surface area (Å²) < 4.78 is 0. The number of benzene rings is 3.